The van der Waals surface area contributed by atoms with E-state index in [1.54, 1.807) is 0 Å². The lowest BCUT2D eigenvalue weighted by Gasteiger charge is -1.59. The zero-order valence-corrected chi connectivity index (χ0v) is 8.82. The monoisotopic (exact) mass is 220 g/mol. The molecule has 0 aromatic heterocycles. The summed E-state index contributed by atoms with van der Waals surface area (Å²) in [5, 5.41) is 0. The van der Waals surface area contributed by atoms with Gasteiger partial charge >= 0.3 is 0 Å². The highest BCUT2D eigenvalue weighted by Gasteiger charge is 1.58. The maximum atomic E-state index is 4.27. The van der Waals surface area contributed by atoms with Gasteiger partial charge < -0.3 is 0 Å². The van der Waals surface area contributed by atoms with Crippen LogP contribution in [0.4, 0.5) is 0 Å². The van der Waals surface area contributed by atoms with Gasteiger partial charge in [0.15, 0.2) is 0 Å². The van der Waals surface area contributed by atoms with Crippen molar-refractivity contribution >= 4 is 82.0 Å². The molecule has 0 rings (SSSR count). The molecule has 0 fully saturated rings. The van der Waals surface area contributed by atoms with E-state index in [9.17, 15) is 0 Å². The van der Waals surface area contributed by atoms with Crippen LogP contribution in [0.25, 0.3) is 0 Å². The van der Waals surface area contributed by atoms with Crippen LogP contribution in [0.5, 0.6) is 0 Å². The van der Waals surface area contributed by atoms with E-state index in [1.807, 2.05) is 0 Å². The van der Waals surface area contributed by atoms with Gasteiger partial charge in [0.1, 0.15) is 0 Å². The van der Waals surface area contributed by atoms with E-state index >= 15 is 0 Å². The fraction of sp³-hybridized carbons (Fsp3) is 0. The van der Waals surface area contributed by atoms with E-state index in [0.29, 0.717) is 7.06 Å². The Morgan fingerprint density at radius 1 is 0.750 bits per heavy atom. The van der Waals surface area contributed by atoms with Crippen LogP contribution in [0.15, 0.2) is 0 Å². The number of thiol groups is 4. The van der Waals surface area contributed by atoms with E-state index in [1.165, 1.54) is 0 Å². The van der Waals surface area contributed by atoms with E-state index in [-0.39, 0.29) is 0 Å². The minimum absolute atomic E-state index is 0.389. The maximum Gasteiger partial charge on any atom is 0.0976 e. The minimum Gasteiger partial charge on any atom is -0.125 e. The topological polar surface area (TPSA) is 0 Å². The molecule has 6 heteroatoms. The van der Waals surface area contributed by atoms with Crippen LogP contribution in [0.2, 0.25) is 0 Å². The first-order chi connectivity index (χ1) is 3.46. The molecule has 0 bridgehead atoms. The Bertz CT molecular complexity index is 64.5. The van der Waals surface area contributed by atoms with Crippen LogP contribution in [0.3, 0.4) is 0 Å². The van der Waals surface area contributed by atoms with E-state index in [2.05, 4.69) is 75.0 Å². The molecular formula is C2H4S6. The Kier molecular flexibility index (Phi) is 13.2. The predicted molar refractivity (Wildman–Crippen MR) is 61.1 cm³/mol. The fourth-order valence-electron chi connectivity index (χ4n) is 0. The molecule has 8 heavy (non-hydrogen) atoms. The Morgan fingerprint density at radius 3 is 0.750 bits per heavy atom. The van der Waals surface area contributed by atoms with Gasteiger partial charge in [-0.1, -0.05) is 24.4 Å². The first-order valence-electron chi connectivity index (χ1n) is 1.30. The summed E-state index contributed by atoms with van der Waals surface area (Å²) in [7, 11) is 0. The first-order valence-corrected chi connectivity index (χ1v) is 3.91. The lowest BCUT2D eigenvalue weighted by Crippen LogP contribution is -1.46. The van der Waals surface area contributed by atoms with Crippen molar-refractivity contribution < 1.29 is 0 Å². The van der Waals surface area contributed by atoms with Gasteiger partial charge in [-0.25, -0.2) is 0 Å². The third-order valence-electron chi connectivity index (χ3n) is 0. The third-order valence-corrected chi connectivity index (χ3v) is 0. The summed E-state index contributed by atoms with van der Waals surface area (Å²) in [4.78, 5) is 0. The van der Waals surface area contributed by atoms with Crippen molar-refractivity contribution in [2.75, 3.05) is 0 Å². The second-order valence-electron chi connectivity index (χ2n) is 0.565. The normalized spacial score (nSPS) is 6.50. The summed E-state index contributed by atoms with van der Waals surface area (Å²) >= 11 is 22.8. The lowest BCUT2D eigenvalue weighted by atomic mass is 11.9. The van der Waals surface area contributed by atoms with Gasteiger partial charge in [-0.05, 0) is 0 Å². The van der Waals surface area contributed by atoms with Crippen LogP contribution in [0, 0.1) is 0 Å². The van der Waals surface area contributed by atoms with Gasteiger partial charge in [0.25, 0.3) is 0 Å². The Morgan fingerprint density at radius 2 is 0.750 bits per heavy atom. The molecule has 0 atom stereocenters. The molecule has 0 aromatic carbocycles. The number of hydrogen-bond acceptors (Lipinski definition) is 2. The molecule has 0 spiro atoms. The SMILES string of the molecule is S=C(S)S.S=C(S)S. The molecule has 0 radical (unpaired) electrons. The average molecular weight is 220 g/mol. The van der Waals surface area contributed by atoms with Gasteiger partial charge in [-0.3, -0.25) is 0 Å². The predicted octanol–water partition coefficient (Wildman–Crippen LogP) is 2.26. The largest absolute Gasteiger partial charge is 0.125 e. The second kappa shape index (κ2) is 8.58. The maximum absolute atomic E-state index is 4.27. The van der Waals surface area contributed by atoms with Gasteiger partial charge in [-0.15, -0.1) is 50.5 Å². The summed E-state index contributed by atoms with van der Waals surface area (Å²) in [5.74, 6) is 0. The fourth-order valence-corrected chi connectivity index (χ4v) is 0. The second-order valence-corrected chi connectivity index (χ2v) is 5.09. The molecule has 0 aliphatic rings. The molecule has 0 nitrogen and oxygen atoms in total. The lowest BCUT2D eigenvalue weighted by molar-refractivity contribution is 4.26. The summed E-state index contributed by atoms with van der Waals surface area (Å²) in [5.41, 5.74) is 0. The molecule has 48 valence electrons. The molecule has 0 aliphatic heterocycles. The summed E-state index contributed by atoms with van der Waals surface area (Å²) < 4.78 is 0.778. The van der Waals surface area contributed by atoms with Crippen LogP contribution in [-0.2, 0) is 0 Å². The zero-order chi connectivity index (χ0) is 7.15. The van der Waals surface area contributed by atoms with E-state index < -0.39 is 0 Å². The minimum atomic E-state index is 0.389. The van der Waals surface area contributed by atoms with Crippen molar-refractivity contribution in [3.8, 4) is 0 Å². The van der Waals surface area contributed by atoms with Crippen molar-refractivity contribution in [2.24, 2.45) is 0 Å². The Labute approximate surface area is 81.4 Å². The highest BCUT2D eigenvalue weighted by atomic mass is 32.2. The first kappa shape index (κ1) is 12.3. The molecule has 0 unspecified atom stereocenters. The van der Waals surface area contributed by atoms with Gasteiger partial charge in [-0.2, -0.15) is 0 Å². The van der Waals surface area contributed by atoms with Crippen molar-refractivity contribution in [1.29, 1.82) is 0 Å². The van der Waals surface area contributed by atoms with Crippen molar-refractivity contribution in [1.82, 2.24) is 0 Å². The Hall–Kier alpha value is 1.58. The third kappa shape index (κ3) is 131. The van der Waals surface area contributed by atoms with E-state index in [4.69, 9.17) is 0 Å². The smallest absolute Gasteiger partial charge is 0.0976 e. The molecular weight excluding hydrogens is 216 g/mol. The van der Waals surface area contributed by atoms with Crippen molar-refractivity contribution in [2.45, 2.75) is 0 Å². The molecule has 0 N–H and O–H groups in total. The summed E-state index contributed by atoms with van der Waals surface area (Å²) in [6.45, 7) is 0. The number of hydrogen-bond donors (Lipinski definition) is 4. The summed E-state index contributed by atoms with van der Waals surface area (Å²) in [6, 6.07) is 0. The molecule has 0 aliphatic carbocycles. The number of rotatable bonds is 0. The molecule has 0 saturated heterocycles. The zero-order valence-electron chi connectivity index (χ0n) is 3.61. The molecule has 0 saturated carbocycles. The van der Waals surface area contributed by atoms with Crippen LogP contribution in [0.1, 0.15) is 0 Å². The standard InChI is InChI=1S/2CH2S3/c2*2-1(3)4/h2*(H2,2,3,4). The summed E-state index contributed by atoms with van der Waals surface area (Å²) in [6.07, 6.45) is 0. The van der Waals surface area contributed by atoms with Crippen LogP contribution >= 0.6 is 75.0 Å². The highest BCUT2D eigenvalue weighted by Crippen LogP contribution is 1.84. The molecule has 0 heterocycles. The van der Waals surface area contributed by atoms with Crippen LogP contribution in [-0.4, -0.2) is 7.06 Å². The average Bonchev–Trinajstić information content (AvgIpc) is 1.25. The van der Waals surface area contributed by atoms with Gasteiger partial charge in [0.05, 0.1) is 7.06 Å². The van der Waals surface area contributed by atoms with Crippen molar-refractivity contribution in [3.05, 3.63) is 0 Å². The highest BCUT2D eigenvalue weighted by molar-refractivity contribution is 8.35. The van der Waals surface area contributed by atoms with Gasteiger partial charge in [0.2, 0.25) is 0 Å². The molecule has 0 aromatic rings. The Balaban J connectivity index is 0. The quantitative estimate of drug-likeness (QED) is 0.365. The number of thiocarbonyl (C=S) groups is 2. The molecule has 0 amide bonds. The van der Waals surface area contributed by atoms with E-state index in [0.717, 1.165) is 0 Å². The van der Waals surface area contributed by atoms with Crippen LogP contribution < -0.4 is 0 Å². The van der Waals surface area contributed by atoms with Gasteiger partial charge in [0, 0.05) is 0 Å². The van der Waals surface area contributed by atoms with Crippen molar-refractivity contribution in [3.63, 3.8) is 0 Å².